The van der Waals surface area contributed by atoms with E-state index in [9.17, 15) is 4.79 Å². The largest absolute Gasteiger partial charge is 0.444 e. The zero-order chi connectivity index (χ0) is 18.9. The maximum atomic E-state index is 12.1. The zero-order valence-electron chi connectivity index (χ0n) is 16.2. The number of rotatable bonds is 2. The Kier molecular flexibility index (Phi) is 5.03. The van der Waals surface area contributed by atoms with Crippen LogP contribution in [0.5, 0.6) is 0 Å². The number of benzene rings is 1. The van der Waals surface area contributed by atoms with Gasteiger partial charge in [-0.25, -0.2) is 9.78 Å². The third-order valence-electron chi connectivity index (χ3n) is 4.90. The average Bonchev–Trinajstić information content (AvgIpc) is 2.57. The van der Waals surface area contributed by atoms with Crippen LogP contribution in [-0.2, 0) is 4.74 Å². The summed E-state index contributed by atoms with van der Waals surface area (Å²) in [7, 11) is 0. The molecule has 0 aliphatic heterocycles. The van der Waals surface area contributed by atoms with Gasteiger partial charge in [-0.15, -0.1) is 0 Å². The van der Waals surface area contributed by atoms with Crippen molar-refractivity contribution in [1.29, 1.82) is 0 Å². The van der Waals surface area contributed by atoms with Crippen LogP contribution >= 0.6 is 0 Å². The van der Waals surface area contributed by atoms with E-state index < -0.39 is 5.60 Å². The molecule has 1 unspecified atom stereocenters. The predicted molar refractivity (Wildman–Crippen MR) is 106 cm³/mol. The number of aromatic nitrogens is 1. The van der Waals surface area contributed by atoms with Crippen molar-refractivity contribution < 1.29 is 9.53 Å². The summed E-state index contributed by atoms with van der Waals surface area (Å²) in [6, 6.07) is 10.4. The molecule has 1 aliphatic rings. The summed E-state index contributed by atoms with van der Waals surface area (Å²) in [5.74, 6) is 0.766. The Morgan fingerprint density at radius 1 is 1.31 bits per heavy atom. The summed E-state index contributed by atoms with van der Waals surface area (Å²) in [5.41, 5.74) is 0.510. The number of nitrogens with zero attached hydrogens (tertiary/aromatic N) is 1. The van der Waals surface area contributed by atoms with Crippen LogP contribution in [-0.4, -0.2) is 22.7 Å². The van der Waals surface area contributed by atoms with Crippen LogP contribution in [0.2, 0.25) is 0 Å². The summed E-state index contributed by atoms with van der Waals surface area (Å²) in [6.07, 6.45) is 4.91. The molecule has 1 aliphatic carbocycles. The first kappa shape index (κ1) is 18.4. The highest BCUT2D eigenvalue weighted by Gasteiger charge is 2.38. The molecule has 0 spiro atoms. The van der Waals surface area contributed by atoms with Gasteiger partial charge in [0, 0.05) is 17.3 Å². The number of hydrogen-bond acceptors (Lipinski definition) is 3. The van der Waals surface area contributed by atoms with Crippen molar-refractivity contribution in [2.75, 3.05) is 0 Å². The highest BCUT2D eigenvalue weighted by molar-refractivity contribution is 5.78. The maximum absolute atomic E-state index is 12.1. The molecule has 138 valence electrons. The highest BCUT2D eigenvalue weighted by Crippen LogP contribution is 2.35. The van der Waals surface area contributed by atoms with Gasteiger partial charge in [0.25, 0.3) is 0 Å². The molecular weight excluding hydrogens is 324 g/mol. The van der Waals surface area contributed by atoms with Gasteiger partial charge in [0.15, 0.2) is 0 Å². The van der Waals surface area contributed by atoms with Crippen molar-refractivity contribution in [3.05, 3.63) is 40.9 Å². The smallest absolute Gasteiger partial charge is 0.407 e. The third kappa shape index (κ3) is 4.06. The van der Waals surface area contributed by atoms with Crippen molar-refractivity contribution in [2.45, 2.75) is 52.7 Å². The Morgan fingerprint density at radius 2 is 2.04 bits per heavy atom. The van der Waals surface area contributed by atoms with Gasteiger partial charge in [-0.1, -0.05) is 37.3 Å². The first-order valence-electron chi connectivity index (χ1n) is 9.30. The molecule has 1 aromatic heterocycles. The second-order valence-electron chi connectivity index (χ2n) is 8.15. The van der Waals surface area contributed by atoms with E-state index in [0.717, 1.165) is 27.9 Å². The van der Waals surface area contributed by atoms with Gasteiger partial charge in [0.2, 0.25) is 0 Å². The lowest BCUT2D eigenvalue weighted by Crippen LogP contribution is -2.52. The molecular formula is C22H28N2O2. The number of ether oxygens (including phenoxy) is 1. The molecule has 1 saturated carbocycles. The van der Waals surface area contributed by atoms with E-state index in [4.69, 9.17) is 9.72 Å². The molecule has 4 heteroatoms. The zero-order valence-corrected chi connectivity index (χ0v) is 16.2. The minimum atomic E-state index is -0.483. The standard InChI is InChI=1S/C22H28N2O2/c1-6-15-12-16-9-7-8-10-18(16)23-19(15)13-17-14(2)11-20(17)24-21(25)26-22(3,4)5/h6-10,12-14,17,20H,11H2,1-5H3,(H,24,25)/b15-6-,19-13+/t14-,17+,20?/m1/s1. The fraction of sp³-hybridized carbons (Fsp3) is 0.455. The third-order valence-corrected chi connectivity index (χ3v) is 4.90. The molecule has 1 N–H and O–H groups in total. The number of fused-ring (bicyclic) bond motifs is 1. The van der Waals surface area contributed by atoms with Gasteiger partial charge in [0.1, 0.15) is 5.60 Å². The molecule has 1 amide bonds. The summed E-state index contributed by atoms with van der Waals surface area (Å²) in [4.78, 5) is 16.9. The molecule has 3 rings (SSSR count). The van der Waals surface area contributed by atoms with Crippen molar-refractivity contribution in [3.63, 3.8) is 0 Å². The van der Waals surface area contributed by atoms with Crippen molar-refractivity contribution in [1.82, 2.24) is 10.3 Å². The Hall–Kier alpha value is -2.36. The van der Waals surface area contributed by atoms with Gasteiger partial charge in [-0.2, -0.15) is 0 Å². The topological polar surface area (TPSA) is 51.2 Å². The Balaban J connectivity index is 1.88. The van der Waals surface area contributed by atoms with E-state index >= 15 is 0 Å². The first-order chi connectivity index (χ1) is 12.3. The normalized spacial score (nSPS) is 24.4. The average molecular weight is 352 g/mol. The number of carbonyl (C=O) groups excluding carboxylic acids is 1. The quantitative estimate of drug-likeness (QED) is 0.902. The van der Waals surface area contributed by atoms with E-state index in [1.807, 2.05) is 45.9 Å². The van der Waals surface area contributed by atoms with E-state index in [1.165, 1.54) is 0 Å². The van der Waals surface area contributed by atoms with E-state index in [-0.39, 0.29) is 18.1 Å². The fourth-order valence-corrected chi connectivity index (χ4v) is 3.50. The molecule has 4 nitrogen and oxygen atoms in total. The van der Waals surface area contributed by atoms with Crippen LogP contribution in [0.1, 0.15) is 41.0 Å². The summed E-state index contributed by atoms with van der Waals surface area (Å²) >= 11 is 0. The van der Waals surface area contributed by atoms with Crippen LogP contribution in [0.15, 0.2) is 30.3 Å². The lowest BCUT2D eigenvalue weighted by atomic mass is 9.70. The van der Waals surface area contributed by atoms with Crippen molar-refractivity contribution in [2.24, 2.45) is 11.8 Å². The summed E-state index contributed by atoms with van der Waals surface area (Å²) < 4.78 is 5.39. The van der Waals surface area contributed by atoms with Gasteiger partial charge in [0.05, 0.1) is 10.9 Å². The Labute approximate surface area is 155 Å². The minimum absolute atomic E-state index is 0.0952. The Morgan fingerprint density at radius 3 is 2.69 bits per heavy atom. The van der Waals surface area contributed by atoms with E-state index in [1.54, 1.807) is 0 Å². The molecule has 1 aromatic carbocycles. The second-order valence-corrected chi connectivity index (χ2v) is 8.15. The van der Waals surface area contributed by atoms with Crippen molar-refractivity contribution in [3.8, 4) is 0 Å². The lowest BCUT2D eigenvalue weighted by molar-refractivity contribution is 0.0422. The number of pyridine rings is 1. The summed E-state index contributed by atoms with van der Waals surface area (Å²) in [5, 5.41) is 6.27. The number of carbonyl (C=O) groups is 1. The van der Waals surface area contributed by atoms with Crippen molar-refractivity contribution >= 4 is 29.1 Å². The van der Waals surface area contributed by atoms with Crippen LogP contribution in [0.4, 0.5) is 4.79 Å². The monoisotopic (exact) mass is 352 g/mol. The van der Waals surface area contributed by atoms with Gasteiger partial charge in [-0.3, -0.25) is 0 Å². The molecule has 2 aromatic rings. The number of nitrogens with one attached hydrogen (secondary N) is 1. The first-order valence-corrected chi connectivity index (χ1v) is 9.30. The number of hydrogen-bond donors (Lipinski definition) is 1. The van der Waals surface area contributed by atoms with Crippen LogP contribution in [0.25, 0.3) is 23.1 Å². The van der Waals surface area contributed by atoms with Crippen LogP contribution in [0, 0.1) is 11.8 Å². The molecule has 0 bridgehead atoms. The number of para-hydroxylation sites is 1. The molecule has 1 fully saturated rings. The highest BCUT2D eigenvalue weighted by atomic mass is 16.6. The predicted octanol–water partition coefficient (Wildman–Crippen LogP) is 3.37. The van der Waals surface area contributed by atoms with Crippen LogP contribution in [0.3, 0.4) is 0 Å². The SMILES string of the molecule is C/C=c1/cc2ccccc2n/c1=C/[C@@H]1C(NC(=O)OC(C)(C)C)C[C@H]1C. The maximum Gasteiger partial charge on any atom is 0.407 e. The van der Waals surface area contributed by atoms with E-state index in [0.29, 0.717) is 5.92 Å². The molecule has 0 saturated heterocycles. The fourth-order valence-electron chi connectivity index (χ4n) is 3.50. The number of amides is 1. The minimum Gasteiger partial charge on any atom is -0.444 e. The van der Waals surface area contributed by atoms with Gasteiger partial charge < -0.3 is 10.1 Å². The molecule has 1 heterocycles. The lowest BCUT2D eigenvalue weighted by Gasteiger charge is -2.41. The van der Waals surface area contributed by atoms with E-state index in [2.05, 4.69) is 36.5 Å². The Bertz CT molecular complexity index is 927. The second kappa shape index (κ2) is 7.10. The molecule has 0 radical (unpaired) electrons. The van der Waals surface area contributed by atoms with Crippen LogP contribution < -0.4 is 15.9 Å². The molecule has 26 heavy (non-hydrogen) atoms. The molecule has 3 atom stereocenters. The van der Waals surface area contributed by atoms with Gasteiger partial charge >= 0.3 is 6.09 Å². The summed E-state index contributed by atoms with van der Waals surface area (Å²) in [6.45, 7) is 9.88. The van der Waals surface area contributed by atoms with Gasteiger partial charge in [-0.05, 0) is 57.4 Å². The number of alkyl carbamates (subject to hydrolysis) is 1.